The van der Waals surface area contributed by atoms with Crippen LogP contribution in [0.15, 0.2) is 17.0 Å². The van der Waals surface area contributed by atoms with Gasteiger partial charge in [0, 0.05) is 10.5 Å². The molecule has 1 aromatic carbocycles. The summed E-state index contributed by atoms with van der Waals surface area (Å²) < 4.78 is 28.5. The Kier molecular flexibility index (Phi) is 4.29. The minimum Gasteiger partial charge on any atom is -0.481 e. The molecule has 0 saturated heterocycles. The van der Waals surface area contributed by atoms with E-state index in [9.17, 15) is 13.6 Å². The zero-order valence-electron chi connectivity index (χ0n) is 8.35. The number of halogens is 2. The van der Waals surface area contributed by atoms with Gasteiger partial charge in [0.2, 0.25) is 0 Å². The number of benzene rings is 1. The number of nitrogens with zero attached hydrogens (tertiary/aromatic N) is 1. The van der Waals surface area contributed by atoms with Crippen LogP contribution >= 0.6 is 12.6 Å². The van der Waals surface area contributed by atoms with Crippen LogP contribution in [-0.4, -0.2) is 17.7 Å². The van der Waals surface area contributed by atoms with Gasteiger partial charge in [-0.3, -0.25) is 4.79 Å². The first-order chi connectivity index (χ1) is 7.95. The fourth-order valence-electron chi connectivity index (χ4n) is 1.25. The van der Waals surface area contributed by atoms with Crippen LogP contribution in [0.1, 0.15) is 11.1 Å². The Morgan fingerprint density at radius 1 is 1.59 bits per heavy atom. The van der Waals surface area contributed by atoms with Gasteiger partial charge in [0.05, 0.1) is 12.0 Å². The van der Waals surface area contributed by atoms with E-state index in [-0.39, 0.29) is 16.0 Å². The van der Waals surface area contributed by atoms with E-state index in [0.717, 1.165) is 0 Å². The van der Waals surface area contributed by atoms with Gasteiger partial charge in [0.1, 0.15) is 11.8 Å². The van der Waals surface area contributed by atoms with Gasteiger partial charge < -0.3 is 9.84 Å². The number of alkyl halides is 2. The van der Waals surface area contributed by atoms with E-state index >= 15 is 0 Å². The maximum absolute atomic E-state index is 12.2. The van der Waals surface area contributed by atoms with Crippen LogP contribution in [0.5, 0.6) is 5.75 Å². The van der Waals surface area contributed by atoms with Crippen LogP contribution in [0.3, 0.4) is 0 Å². The van der Waals surface area contributed by atoms with Crippen LogP contribution in [0, 0.1) is 11.3 Å². The molecule has 17 heavy (non-hydrogen) atoms. The average Bonchev–Trinajstić information content (AvgIpc) is 2.22. The zero-order valence-corrected chi connectivity index (χ0v) is 9.25. The molecule has 1 rings (SSSR count). The zero-order chi connectivity index (χ0) is 13.0. The van der Waals surface area contributed by atoms with Crippen molar-refractivity contribution in [3.63, 3.8) is 0 Å². The number of carboxylic acid groups (broad SMARTS) is 1. The Bertz CT molecular complexity index is 485. The molecular formula is C10H7F2NO3S. The SMILES string of the molecule is N#Cc1ccc(S)c(CC(=O)O)c1OC(F)F. The highest BCUT2D eigenvalue weighted by molar-refractivity contribution is 7.80. The maximum atomic E-state index is 12.2. The molecule has 0 spiro atoms. The van der Waals surface area contributed by atoms with Crippen molar-refractivity contribution < 1.29 is 23.4 Å². The predicted molar refractivity (Wildman–Crippen MR) is 56.4 cm³/mol. The lowest BCUT2D eigenvalue weighted by Gasteiger charge is -2.12. The number of hydrogen-bond donors (Lipinski definition) is 2. The van der Waals surface area contributed by atoms with Crippen LogP contribution in [0.25, 0.3) is 0 Å². The van der Waals surface area contributed by atoms with Gasteiger partial charge in [0.15, 0.2) is 0 Å². The van der Waals surface area contributed by atoms with E-state index in [4.69, 9.17) is 10.4 Å². The molecule has 0 heterocycles. The molecule has 0 aromatic heterocycles. The van der Waals surface area contributed by atoms with Crippen LogP contribution in [0.4, 0.5) is 8.78 Å². The quantitative estimate of drug-likeness (QED) is 0.812. The van der Waals surface area contributed by atoms with Gasteiger partial charge in [-0.1, -0.05) is 0 Å². The first kappa shape index (κ1) is 13.3. The summed E-state index contributed by atoms with van der Waals surface area (Å²) in [7, 11) is 0. The van der Waals surface area contributed by atoms with Crippen molar-refractivity contribution in [3.8, 4) is 11.8 Å². The molecule has 0 radical (unpaired) electrons. The molecule has 0 bridgehead atoms. The minimum absolute atomic E-state index is 0.0415. The standard InChI is InChI=1S/C10H7F2NO3S/c11-10(12)16-9-5(4-13)1-2-7(17)6(9)3-8(14)15/h1-2,10,17H,3H2,(H,14,15). The molecule has 0 aliphatic carbocycles. The largest absolute Gasteiger partial charge is 0.481 e. The monoisotopic (exact) mass is 259 g/mol. The van der Waals surface area contributed by atoms with Gasteiger partial charge in [-0.15, -0.1) is 12.6 Å². The first-order valence-corrected chi connectivity index (χ1v) is 4.82. The number of carbonyl (C=O) groups is 1. The number of rotatable bonds is 4. The summed E-state index contributed by atoms with van der Waals surface area (Å²) >= 11 is 3.95. The highest BCUT2D eigenvalue weighted by Crippen LogP contribution is 2.31. The van der Waals surface area contributed by atoms with Crippen LogP contribution < -0.4 is 4.74 Å². The Balaban J connectivity index is 3.32. The molecule has 0 aliphatic rings. The summed E-state index contributed by atoms with van der Waals surface area (Å²) in [6, 6.07) is 4.26. The second-order valence-electron chi connectivity index (χ2n) is 3.00. The van der Waals surface area contributed by atoms with Crippen LogP contribution in [0.2, 0.25) is 0 Å². The number of thiol groups is 1. The molecule has 0 amide bonds. The normalized spacial score (nSPS) is 10.1. The van der Waals surface area contributed by atoms with Crippen molar-refractivity contribution in [2.45, 2.75) is 17.9 Å². The third kappa shape index (κ3) is 3.32. The molecule has 0 aliphatic heterocycles. The molecule has 1 aromatic rings. The van der Waals surface area contributed by atoms with E-state index < -0.39 is 24.8 Å². The molecule has 0 unspecified atom stereocenters. The van der Waals surface area contributed by atoms with E-state index in [0.29, 0.717) is 0 Å². The van der Waals surface area contributed by atoms with Gasteiger partial charge in [-0.25, -0.2) is 0 Å². The third-order valence-electron chi connectivity index (χ3n) is 1.89. The third-order valence-corrected chi connectivity index (χ3v) is 2.31. The molecule has 90 valence electrons. The van der Waals surface area contributed by atoms with Crippen LogP contribution in [-0.2, 0) is 11.2 Å². The molecule has 0 atom stereocenters. The lowest BCUT2D eigenvalue weighted by Crippen LogP contribution is -2.10. The maximum Gasteiger partial charge on any atom is 0.387 e. The van der Waals surface area contributed by atoms with Gasteiger partial charge >= 0.3 is 12.6 Å². The summed E-state index contributed by atoms with van der Waals surface area (Å²) in [6.07, 6.45) is -0.545. The highest BCUT2D eigenvalue weighted by atomic mass is 32.1. The molecule has 1 N–H and O–H groups in total. The lowest BCUT2D eigenvalue weighted by atomic mass is 10.1. The number of aliphatic carboxylic acids is 1. The predicted octanol–water partition coefficient (Wildman–Crippen LogP) is 2.08. The molecule has 4 nitrogen and oxygen atoms in total. The number of nitriles is 1. The topological polar surface area (TPSA) is 70.3 Å². The fraction of sp³-hybridized carbons (Fsp3) is 0.200. The molecule has 7 heteroatoms. The number of ether oxygens (including phenoxy) is 1. The van der Waals surface area contributed by atoms with Gasteiger partial charge in [-0.2, -0.15) is 14.0 Å². The second kappa shape index (κ2) is 5.50. The molecule has 0 fully saturated rings. The number of hydrogen-bond acceptors (Lipinski definition) is 4. The van der Waals surface area contributed by atoms with Crippen molar-refractivity contribution >= 4 is 18.6 Å². The average molecular weight is 259 g/mol. The van der Waals surface area contributed by atoms with Crippen molar-refractivity contribution in [2.75, 3.05) is 0 Å². The Morgan fingerprint density at radius 3 is 2.71 bits per heavy atom. The minimum atomic E-state index is -3.13. The molecular weight excluding hydrogens is 252 g/mol. The number of carboxylic acids is 1. The van der Waals surface area contributed by atoms with Crippen molar-refractivity contribution in [1.82, 2.24) is 0 Å². The smallest absolute Gasteiger partial charge is 0.387 e. The lowest BCUT2D eigenvalue weighted by molar-refractivity contribution is -0.136. The Hall–Kier alpha value is -1.81. The summed E-state index contributed by atoms with van der Waals surface area (Å²) in [4.78, 5) is 10.8. The fourth-order valence-corrected chi connectivity index (χ4v) is 1.51. The van der Waals surface area contributed by atoms with Crippen molar-refractivity contribution in [2.24, 2.45) is 0 Å². The Morgan fingerprint density at radius 2 is 2.24 bits per heavy atom. The van der Waals surface area contributed by atoms with E-state index in [1.54, 1.807) is 6.07 Å². The van der Waals surface area contributed by atoms with Crippen molar-refractivity contribution in [3.05, 3.63) is 23.3 Å². The summed E-state index contributed by atoms with van der Waals surface area (Å²) in [5.41, 5.74) is -0.195. The summed E-state index contributed by atoms with van der Waals surface area (Å²) in [5.74, 6) is -1.66. The van der Waals surface area contributed by atoms with E-state index in [1.807, 2.05) is 0 Å². The van der Waals surface area contributed by atoms with Crippen molar-refractivity contribution in [1.29, 1.82) is 5.26 Å². The Labute approximate surface area is 101 Å². The van der Waals surface area contributed by atoms with Gasteiger partial charge in [-0.05, 0) is 12.1 Å². The second-order valence-corrected chi connectivity index (χ2v) is 3.48. The van der Waals surface area contributed by atoms with E-state index in [1.165, 1.54) is 12.1 Å². The molecule has 0 saturated carbocycles. The highest BCUT2D eigenvalue weighted by Gasteiger charge is 2.19. The first-order valence-electron chi connectivity index (χ1n) is 4.37. The van der Waals surface area contributed by atoms with E-state index in [2.05, 4.69) is 17.4 Å². The summed E-state index contributed by atoms with van der Waals surface area (Å²) in [5, 5.41) is 17.4. The summed E-state index contributed by atoms with van der Waals surface area (Å²) in [6.45, 7) is -3.13. The van der Waals surface area contributed by atoms with Gasteiger partial charge in [0.25, 0.3) is 0 Å².